The number of Topliss-reactive ketones (excluding diaryl/α,β-unsaturated/α-hetero) is 1. The SMILES string of the molecule is C[C@H](OC(=O)C[C@H]1C(=O)C[C@H](C)[C@H]1C[N+](=O)[O-])C(=O)Nc1ccc(F)cc1. The minimum absolute atomic E-state index is 0.181. The number of esters is 1. The first-order valence-electron chi connectivity index (χ1n) is 8.57. The molecule has 146 valence electrons. The Morgan fingerprint density at radius 1 is 1.37 bits per heavy atom. The number of hydrogen-bond donors (Lipinski definition) is 1. The summed E-state index contributed by atoms with van der Waals surface area (Å²) in [6, 6.07) is 5.08. The van der Waals surface area contributed by atoms with Gasteiger partial charge in [0.15, 0.2) is 6.10 Å². The molecule has 27 heavy (non-hydrogen) atoms. The molecule has 8 nitrogen and oxygen atoms in total. The Kier molecular flexibility index (Phi) is 6.59. The molecule has 1 saturated carbocycles. The molecule has 1 aliphatic carbocycles. The van der Waals surface area contributed by atoms with Crippen LogP contribution in [0.5, 0.6) is 0 Å². The van der Waals surface area contributed by atoms with Crippen LogP contribution in [-0.2, 0) is 19.1 Å². The Morgan fingerprint density at radius 2 is 2.00 bits per heavy atom. The molecular weight excluding hydrogens is 359 g/mol. The zero-order chi connectivity index (χ0) is 20.1. The summed E-state index contributed by atoms with van der Waals surface area (Å²) in [6.07, 6.45) is -1.24. The van der Waals surface area contributed by atoms with Gasteiger partial charge in [-0.15, -0.1) is 0 Å². The first kappa shape index (κ1) is 20.5. The van der Waals surface area contributed by atoms with Crippen molar-refractivity contribution in [2.45, 2.75) is 32.8 Å². The van der Waals surface area contributed by atoms with Gasteiger partial charge in [0.05, 0.1) is 6.42 Å². The van der Waals surface area contributed by atoms with Gasteiger partial charge in [-0.25, -0.2) is 4.39 Å². The van der Waals surface area contributed by atoms with E-state index in [1.165, 1.54) is 31.2 Å². The minimum Gasteiger partial charge on any atom is -0.453 e. The molecule has 0 saturated heterocycles. The second-order valence-corrected chi connectivity index (χ2v) is 6.77. The van der Waals surface area contributed by atoms with E-state index in [1.54, 1.807) is 6.92 Å². The number of ketones is 1. The van der Waals surface area contributed by atoms with Crippen molar-refractivity contribution in [2.24, 2.45) is 17.8 Å². The van der Waals surface area contributed by atoms with Gasteiger partial charge < -0.3 is 10.1 Å². The molecule has 1 amide bonds. The van der Waals surface area contributed by atoms with E-state index in [2.05, 4.69) is 5.32 Å². The highest BCUT2D eigenvalue weighted by Gasteiger charge is 2.44. The molecule has 0 spiro atoms. The molecule has 1 aromatic rings. The number of ether oxygens (including phenoxy) is 1. The van der Waals surface area contributed by atoms with Crippen LogP contribution in [0.2, 0.25) is 0 Å². The van der Waals surface area contributed by atoms with E-state index in [9.17, 15) is 28.9 Å². The number of hydrogen-bond acceptors (Lipinski definition) is 6. The highest BCUT2D eigenvalue weighted by Crippen LogP contribution is 2.36. The first-order valence-corrected chi connectivity index (χ1v) is 8.57. The number of nitrogens with one attached hydrogen (secondary N) is 1. The Bertz CT molecular complexity index is 736. The quantitative estimate of drug-likeness (QED) is 0.440. The number of carbonyl (C=O) groups is 3. The lowest BCUT2D eigenvalue weighted by Gasteiger charge is -2.18. The van der Waals surface area contributed by atoms with Crippen molar-refractivity contribution in [3.05, 3.63) is 40.2 Å². The van der Waals surface area contributed by atoms with E-state index in [0.29, 0.717) is 5.69 Å². The van der Waals surface area contributed by atoms with Crippen LogP contribution in [0.3, 0.4) is 0 Å². The summed E-state index contributed by atoms with van der Waals surface area (Å²) >= 11 is 0. The Hall–Kier alpha value is -2.84. The number of nitro groups is 1. The number of halogens is 1. The molecule has 1 fully saturated rings. The molecule has 4 atom stereocenters. The average molecular weight is 380 g/mol. The van der Waals surface area contributed by atoms with Crippen molar-refractivity contribution in [1.29, 1.82) is 0 Å². The third-order valence-electron chi connectivity index (χ3n) is 4.72. The fraction of sp³-hybridized carbons (Fsp3) is 0.500. The Balaban J connectivity index is 1.91. The van der Waals surface area contributed by atoms with Gasteiger partial charge in [0.1, 0.15) is 11.6 Å². The summed E-state index contributed by atoms with van der Waals surface area (Å²) in [4.78, 5) is 46.6. The second-order valence-electron chi connectivity index (χ2n) is 6.77. The molecule has 0 aromatic heterocycles. The van der Waals surface area contributed by atoms with Crippen molar-refractivity contribution in [3.63, 3.8) is 0 Å². The largest absolute Gasteiger partial charge is 0.453 e. The van der Waals surface area contributed by atoms with E-state index in [1.807, 2.05) is 0 Å². The smallest absolute Gasteiger partial charge is 0.307 e. The molecule has 0 bridgehead atoms. The molecule has 2 rings (SSSR count). The lowest BCUT2D eigenvalue weighted by Crippen LogP contribution is -2.32. The zero-order valence-electron chi connectivity index (χ0n) is 15.0. The fourth-order valence-corrected chi connectivity index (χ4v) is 3.26. The average Bonchev–Trinajstić information content (AvgIpc) is 2.83. The Morgan fingerprint density at radius 3 is 2.59 bits per heavy atom. The van der Waals surface area contributed by atoms with Gasteiger partial charge in [-0.1, -0.05) is 6.92 Å². The van der Waals surface area contributed by atoms with Crippen molar-refractivity contribution in [2.75, 3.05) is 11.9 Å². The van der Waals surface area contributed by atoms with Crippen LogP contribution in [0, 0.1) is 33.7 Å². The maximum Gasteiger partial charge on any atom is 0.307 e. The predicted octanol–water partition coefficient (Wildman–Crippen LogP) is 2.20. The number of carbonyl (C=O) groups excluding carboxylic acids is 3. The first-order chi connectivity index (χ1) is 12.7. The molecule has 0 heterocycles. The highest BCUT2D eigenvalue weighted by atomic mass is 19.1. The standard InChI is InChI=1S/C18H21FN2O6/c1-10-7-16(22)14(15(10)9-21(25)26)8-17(23)27-11(2)18(24)20-13-5-3-12(19)4-6-13/h3-6,10-11,14-15H,7-9H2,1-2H3,(H,20,24)/t10-,11-,14+,15+/m0/s1. The van der Waals surface area contributed by atoms with Gasteiger partial charge in [-0.2, -0.15) is 0 Å². The zero-order valence-corrected chi connectivity index (χ0v) is 15.0. The third-order valence-corrected chi connectivity index (χ3v) is 4.72. The van der Waals surface area contributed by atoms with Crippen LogP contribution in [-0.4, -0.2) is 35.2 Å². The maximum absolute atomic E-state index is 12.9. The van der Waals surface area contributed by atoms with Crippen LogP contribution in [0.25, 0.3) is 0 Å². The van der Waals surface area contributed by atoms with Gasteiger partial charge in [0.2, 0.25) is 6.54 Å². The van der Waals surface area contributed by atoms with Gasteiger partial charge in [-0.05, 0) is 37.1 Å². The molecule has 1 aliphatic rings. The minimum atomic E-state index is -1.13. The van der Waals surface area contributed by atoms with Crippen LogP contribution >= 0.6 is 0 Å². The molecular formula is C18H21FN2O6. The van der Waals surface area contributed by atoms with Crippen molar-refractivity contribution < 1.29 is 28.4 Å². The lowest BCUT2D eigenvalue weighted by atomic mass is 9.88. The number of amides is 1. The summed E-state index contributed by atoms with van der Waals surface area (Å²) in [5, 5.41) is 13.3. The Labute approximate surface area is 155 Å². The summed E-state index contributed by atoms with van der Waals surface area (Å²) in [6.45, 7) is 2.73. The molecule has 0 unspecified atom stereocenters. The van der Waals surface area contributed by atoms with Crippen molar-refractivity contribution in [3.8, 4) is 0 Å². The third kappa shape index (κ3) is 5.57. The number of benzene rings is 1. The molecule has 0 aliphatic heterocycles. The predicted molar refractivity (Wildman–Crippen MR) is 92.8 cm³/mol. The monoisotopic (exact) mass is 380 g/mol. The molecule has 1 aromatic carbocycles. The van der Waals surface area contributed by atoms with Gasteiger partial charge in [-0.3, -0.25) is 24.5 Å². The highest BCUT2D eigenvalue weighted by molar-refractivity contribution is 5.95. The normalized spacial score (nSPS) is 22.9. The number of nitrogens with zero attached hydrogens (tertiary/aromatic N) is 1. The van der Waals surface area contributed by atoms with Crippen LogP contribution in [0.1, 0.15) is 26.7 Å². The number of anilines is 1. The summed E-state index contributed by atoms with van der Waals surface area (Å²) < 4.78 is 17.9. The molecule has 0 radical (unpaired) electrons. The molecule has 9 heteroatoms. The molecule has 1 N–H and O–H groups in total. The van der Waals surface area contributed by atoms with E-state index < -0.39 is 40.6 Å². The van der Waals surface area contributed by atoms with Gasteiger partial charge in [0.25, 0.3) is 5.91 Å². The summed E-state index contributed by atoms with van der Waals surface area (Å²) in [7, 11) is 0. The maximum atomic E-state index is 12.9. The van der Waals surface area contributed by atoms with Gasteiger partial charge >= 0.3 is 5.97 Å². The van der Waals surface area contributed by atoms with Crippen LogP contribution < -0.4 is 5.32 Å². The van der Waals surface area contributed by atoms with Crippen LogP contribution in [0.15, 0.2) is 24.3 Å². The van der Waals surface area contributed by atoms with E-state index >= 15 is 0 Å². The fourth-order valence-electron chi connectivity index (χ4n) is 3.26. The number of rotatable bonds is 7. The summed E-state index contributed by atoms with van der Waals surface area (Å²) in [5.74, 6) is -3.50. The van der Waals surface area contributed by atoms with E-state index in [4.69, 9.17) is 4.74 Å². The summed E-state index contributed by atoms with van der Waals surface area (Å²) in [5.41, 5.74) is 0.343. The lowest BCUT2D eigenvalue weighted by molar-refractivity contribution is -0.490. The van der Waals surface area contributed by atoms with E-state index in [-0.39, 0.29) is 31.1 Å². The van der Waals surface area contributed by atoms with Crippen molar-refractivity contribution >= 4 is 23.3 Å². The topological polar surface area (TPSA) is 116 Å². The second kappa shape index (κ2) is 8.70. The van der Waals surface area contributed by atoms with Gasteiger partial charge in [0, 0.05) is 28.9 Å². The van der Waals surface area contributed by atoms with E-state index in [0.717, 1.165) is 0 Å². The van der Waals surface area contributed by atoms with Crippen LogP contribution in [0.4, 0.5) is 10.1 Å². The van der Waals surface area contributed by atoms with Crippen molar-refractivity contribution in [1.82, 2.24) is 0 Å².